The van der Waals surface area contributed by atoms with Crippen LogP contribution >= 0.6 is 11.6 Å². The van der Waals surface area contributed by atoms with E-state index < -0.39 is 11.7 Å². The Balaban J connectivity index is 1.94. The molecule has 0 radical (unpaired) electrons. The lowest BCUT2D eigenvalue weighted by Gasteiger charge is -2.16. The molecule has 1 atom stereocenters. The van der Waals surface area contributed by atoms with E-state index in [2.05, 4.69) is 5.32 Å². The molecule has 0 saturated carbocycles. The van der Waals surface area contributed by atoms with E-state index in [0.717, 1.165) is 6.07 Å². The zero-order chi connectivity index (χ0) is 16.8. The van der Waals surface area contributed by atoms with Gasteiger partial charge in [-0.25, -0.2) is 4.39 Å². The third-order valence-electron chi connectivity index (χ3n) is 3.11. The number of methoxy groups -OCH3 is 1. The molecule has 122 valence electrons. The summed E-state index contributed by atoms with van der Waals surface area (Å²) >= 11 is 5.67. The minimum atomic E-state index is -0.659. The average molecular weight is 338 g/mol. The molecule has 0 spiro atoms. The largest absolute Gasteiger partial charge is 0.493 e. The number of carbonyl (C=O) groups is 1. The van der Waals surface area contributed by atoms with Gasteiger partial charge >= 0.3 is 0 Å². The van der Waals surface area contributed by atoms with E-state index in [4.69, 9.17) is 21.1 Å². The van der Waals surface area contributed by atoms with Crippen molar-refractivity contribution in [2.24, 2.45) is 0 Å². The molecule has 2 aromatic rings. The van der Waals surface area contributed by atoms with E-state index in [1.54, 1.807) is 26.2 Å². The van der Waals surface area contributed by atoms with Gasteiger partial charge in [0.15, 0.2) is 11.5 Å². The Morgan fingerprint density at radius 1 is 1.26 bits per heavy atom. The maximum atomic E-state index is 13.7. The topological polar surface area (TPSA) is 47.6 Å². The maximum Gasteiger partial charge on any atom is 0.254 e. The minimum absolute atomic E-state index is 0.0569. The molecule has 4 nitrogen and oxygen atoms in total. The number of para-hydroxylation sites is 2. The molecule has 0 bridgehead atoms. The monoisotopic (exact) mass is 337 g/mol. The summed E-state index contributed by atoms with van der Waals surface area (Å²) in [6.45, 7) is 1.99. The summed E-state index contributed by atoms with van der Waals surface area (Å²) in [5, 5.41) is 2.92. The molecule has 0 unspecified atom stereocenters. The fourth-order valence-electron chi connectivity index (χ4n) is 1.97. The Hall–Kier alpha value is -2.27. The highest BCUT2D eigenvalue weighted by Crippen LogP contribution is 2.25. The van der Waals surface area contributed by atoms with Crippen LogP contribution in [0.2, 0.25) is 5.02 Å². The van der Waals surface area contributed by atoms with E-state index in [-0.39, 0.29) is 23.2 Å². The standard InChI is InChI=1S/C17H17ClFNO3/c1-11(10-23-16-6-4-3-5-15(16)22-2)20-17(21)13-8-7-12(18)9-14(13)19/h3-9,11H,10H2,1-2H3,(H,20,21)/t11-/m0/s1. The summed E-state index contributed by atoms with van der Waals surface area (Å²) in [4.78, 5) is 12.0. The molecule has 2 rings (SSSR count). The van der Waals surface area contributed by atoms with Crippen LogP contribution in [0.3, 0.4) is 0 Å². The summed E-state index contributed by atoms with van der Waals surface area (Å²) in [6.07, 6.45) is 0. The van der Waals surface area contributed by atoms with Crippen molar-refractivity contribution in [2.45, 2.75) is 13.0 Å². The SMILES string of the molecule is COc1ccccc1OC[C@H](C)NC(=O)c1ccc(Cl)cc1F. The molecule has 0 aliphatic heterocycles. The van der Waals surface area contributed by atoms with Crippen molar-refractivity contribution in [3.63, 3.8) is 0 Å². The van der Waals surface area contributed by atoms with Gasteiger partial charge in [-0.3, -0.25) is 4.79 Å². The van der Waals surface area contributed by atoms with Gasteiger partial charge in [0.05, 0.1) is 18.7 Å². The average Bonchev–Trinajstić information content (AvgIpc) is 2.53. The van der Waals surface area contributed by atoms with Gasteiger partial charge in [0.1, 0.15) is 12.4 Å². The van der Waals surface area contributed by atoms with Crippen molar-refractivity contribution >= 4 is 17.5 Å². The first-order valence-electron chi connectivity index (χ1n) is 7.03. The van der Waals surface area contributed by atoms with Crippen LogP contribution in [-0.2, 0) is 0 Å². The second kappa shape index (κ2) is 7.83. The Labute approximate surface area is 139 Å². The summed E-state index contributed by atoms with van der Waals surface area (Å²) in [5.41, 5.74) is -0.0569. The molecular weight excluding hydrogens is 321 g/mol. The molecule has 1 N–H and O–H groups in total. The maximum absolute atomic E-state index is 13.7. The van der Waals surface area contributed by atoms with Gasteiger partial charge in [0.2, 0.25) is 0 Å². The molecule has 23 heavy (non-hydrogen) atoms. The van der Waals surface area contributed by atoms with E-state index >= 15 is 0 Å². The predicted octanol–water partition coefficient (Wildman–Crippen LogP) is 3.69. The van der Waals surface area contributed by atoms with Gasteiger partial charge < -0.3 is 14.8 Å². The van der Waals surface area contributed by atoms with Crippen LogP contribution in [0.4, 0.5) is 4.39 Å². The molecule has 0 aromatic heterocycles. The Morgan fingerprint density at radius 3 is 2.61 bits per heavy atom. The second-order valence-electron chi connectivity index (χ2n) is 4.96. The number of hydrogen-bond acceptors (Lipinski definition) is 3. The molecule has 0 fully saturated rings. The smallest absolute Gasteiger partial charge is 0.254 e. The van der Waals surface area contributed by atoms with E-state index in [1.165, 1.54) is 12.1 Å². The third kappa shape index (κ3) is 4.60. The van der Waals surface area contributed by atoms with Gasteiger partial charge in [-0.2, -0.15) is 0 Å². The fourth-order valence-corrected chi connectivity index (χ4v) is 2.13. The fraction of sp³-hybridized carbons (Fsp3) is 0.235. The normalized spacial score (nSPS) is 11.7. The number of rotatable bonds is 6. The van der Waals surface area contributed by atoms with Crippen LogP contribution in [0.1, 0.15) is 17.3 Å². The lowest BCUT2D eigenvalue weighted by Crippen LogP contribution is -2.37. The summed E-state index contributed by atoms with van der Waals surface area (Å²) in [6, 6.07) is 10.8. The van der Waals surface area contributed by atoms with E-state index in [1.807, 2.05) is 12.1 Å². The number of hydrogen-bond donors (Lipinski definition) is 1. The quantitative estimate of drug-likeness (QED) is 0.874. The van der Waals surface area contributed by atoms with Crippen molar-refractivity contribution in [2.75, 3.05) is 13.7 Å². The van der Waals surface area contributed by atoms with Crippen LogP contribution in [0.15, 0.2) is 42.5 Å². The molecule has 1 amide bonds. The molecular formula is C17H17ClFNO3. The van der Waals surface area contributed by atoms with Crippen molar-refractivity contribution in [3.8, 4) is 11.5 Å². The molecule has 0 aliphatic rings. The lowest BCUT2D eigenvalue weighted by atomic mass is 10.2. The highest BCUT2D eigenvalue weighted by atomic mass is 35.5. The van der Waals surface area contributed by atoms with Crippen LogP contribution in [0, 0.1) is 5.82 Å². The van der Waals surface area contributed by atoms with Gasteiger partial charge in [-0.1, -0.05) is 23.7 Å². The summed E-state index contributed by atoms with van der Waals surface area (Å²) < 4.78 is 24.5. The van der Waals surface area contributed by atoms with Gasteiger partial charge in [0, 0.05) is 5.02 Å². The number of benzene rings is 2. The highest BCUT2D eigenvalue weighted by molar-refractivity contribution is 6.30. The molecule has 2 aromatic carbocycles. The first-order chi connectivity index (χ1) is 11.0. The first kappa shape index (κ1) is 17.1. The van der Waals surface area contributed by atoms with Crippen molar-refractivity contribution in [1.82, 2.24) is 5.32 Å². The highest BCUT2D eigenvalue weighted by Gasteiger charge is 2.15. The predicted molar refractivity (Wildman–Crippen MR) is 86.8 cm³/mol. The Kier molecular flexibility index (Phi) is 5.82. The summed E-state index contributed by atoms with van der Waals surface area (Å²) in [7, 11) is 1.55. The van der Waals surface area contributed by atoms with Gasteiger partial charge in [0.25, 0.3) is 5.91 Å². The second-order valence-corrected chi connectivity index (χ2v) is 5.40. The summed E-state index contributed by atoms with van der Waals surface area (Å²) in [5.74, 6) is 0.00619. The van der Waals surface area contributed by atoms with Crippen molar-refractivity contribution in [3.05, 3.63) is 58.9 Å². The lowest BCUT2D eigenvalue weighted by molar-refractivity contribution is 0.0922. The number of nitrogens with one attached hydrogen (secondary N) is 1. The molecule has 6 heteroatoms. The van der Waals surface area contributed by atoms with Gasteiger partial charge in [-0.05, 0) is 37.3 Å². The number of amides is 1. The molecule has 0 aliphatic carbocycles. The Morgan fingerprint density at radius 2 is 1.96 bits per heavy atom. The molecule has 0 heterocycles. The third-order valence-corrected chi connectivity index (χ3v) is 3.35. The van der Waals surface area contributed by atoms with Crippen LogP contribution in [0.5, 0.6) is 11.5 Å². The van der Waals surface area contributed by atoms with Crippen molar-refractivity contribution in [1.29, 1.82) is 0 Å². The van der Waals surface area contributed by atoms with Crippen LogP contribution in [-0.4, -0.2) is 25.7 Å². The zero-order valence-corrected chi connectivity index (χ0v) is 13.6. The number of halogens is 2. The number of ether oxygens (including phenoxy) is 2. The first-order valence-corrected chi connectivity index (χ1v) is 7.40. The van der Waals surface area contributed by atoms with Gasteiger partial charge in [-0.15, -0.1) is 0 Å². The Bertz CT molecular complexity index is 693. The van der Waals surface area contributed by atoms with Crippen LogP contribution < -0.4 is 14.8 Å². The zero-order valence-electron chi connectivity index (χ0n) is 12.8. The van der Waals surface area contributed by atoms with Crippen molar-refractivity contribution < 1.29 is 18.7 Å². The minimum Gasteiger partial charge on any atom is -0.493 e. The molecule has 0 saturated heterocycles. The number of carbonyl (C=O) groups excluding carboxylic acids is 1. The van der Waals surface area contributed by atoms with E-state index in [9.17, 15) is 9.18 Å². The van der Waals surface area contributed by atoms with Crippen LogP contribution in [0.25, 0.3) is 0 Å². The van der Waals surface area contributed by atoms with E-state index in [0.29, 0.717) is 11.5 Å².